The third kappa shape index (κ3) is 4.92. The first-order valence-electron chi connectivity index (χ1n) is 9.23. The molecule has 2 fully saturated rings. The highest BCUT2D eigenvalue weighted by Gasteiger charge is 2.27. The van der Waals surface area contributed by atoms with Crippen molar-refractivity contribution in [3.63, 3.8) is 0 Å². The smallest absolute Gasteiger partial charge is 0.254 e. The van der Waals surface area contributed by atoms with E-state index in [9.17, 15) is 4.79 Å². The van der Waals surface area contributed by atoms with Crippen LogP contribution in [0.4, 0.5) is 0 Å². The molecule has 138 valence electrons. The molecule has 0 aromatic carbocycles. The summed E-state index contributed by atoms with van der Waals surface area (Å²) in [5, 5.41) is 0. The number of pyridine rings is 1. The minimum Gasteiger partial charge on any atom is -0.474 e. The van der Waals surface area contributed by atoms with E-state index in [1.54, 1.807) is 37.3 Å². The van der Waals surface area contributed by atoms with Crippen molar-refractivity contribution in [3.8, 4) is 5.88 Å². The van der Waals surface area contributed by atoms with Crippen molar-refractivity contribution in [3.05, 3.63) is 23.9 Å². The predicted molar refractivity (Wildman–Crippen MR) is 95.9 cm³/mol. The number of carbonyl (C=O) groups excluding carboxylic acids is 1. The standard InChI is InChI=1S/C19H29N3O3/c1-14-4-6-17(24-14)13-22-10-8-16(9-11-22)25-18-7-5-15(12-20-18)19(23)21(2)3/h5,7,12,14,16-17H,4,6,8-11,13H2,1-3H3. The second-order valence-electron chi connectivity index (χ2n) is 7.35. The Bertz CT molecular complexity index is 568. The molecule has 0 bridgehead atoms. The highest BCUT2D eigenvalue weighted by molar-refractivity contribution is 5.93. The zero-order valence-corrected chi connectivity index (χ0v) is 15.5. The number of aromatic nitrogens is 1. The first kappa shape index (κ1) is 18.1. The molecule has 1 aromatic rings. The van der Waals surface area contributed by atoms with Crippen LogP contribution < -0.4 is 4.74 Å². The summed E-state index contributed by atoms with van der Waals surface area (Å²) in [7, 11) is 3.47. The molecule has 1 aromatic heterocycles. The van der Waals surface area contributed by atoms with E-state index in [0.29, 0.717) is 23.7 Å². The van der Waals surface area contributed by atoms with Gasteiger partial charge >= 0.3 is 0 Å². The number of likely N-dealkylation sites (tertiary alicyclic amines) is 1. The second-order valence-corrected chi connectivity index (χ2v) is 7.35. The van der Waals surface area contributed by atoms with Gasteiger partial charge in [0.2, 0.25) is 5.88 Å². The van der Waals surface area contributed by atoms with Crippen LogP contribution in [0.3, 0.4) is 0 Å². The molecule has 2 aliphatic heterocycles. The van der Waals surface area contributed by atoms with Gasteiger partial charge < -0.3 is 19.3 Å². The summed E-state index contributed by atoms with van der Waals surface area (Å²) in [5.41, 5.74) is 0.581. The van der Waals surface area contributed by atoms with Crippen LogP contribution in [0.15, 0.2) is 18.3 Å². The summed E-state index contributed by atoms with van der Waals surface area (Å²) in [6.45, 7) is 5.27. The number of amides is 1. The molecule has 3 heterocycles. The van der Waals surface area contributed by atoms with Crippen LogP contribution in [0.1, 0.15) is 43.0 Å². The van der Waals surface area contributed by atoms with E-state index in [0.717, 1.165) is 32.5 Å². The summed E-state index contributed by atoms with van der Waals surface area (Å²) in [5.74, 6) is 0.553. The highest BCUT2D eigenvalue weighted by Crippen LogP contribution is 2.22. The van der Waals surface area contributed by atoms with Crippen LogP contribution in [0.5, 0.6) is 5.88 Å². The molecule has 0 saturated carbocycles. The van der Waals surface area contributed by atoms with Crippen molar-refractivity contribution in [2.24, 2.45) is 0 Å². The maximum absolute atomic E-state index is 11.9. The van der Waals surface area contributed by atoms with Gasteiger partial charge in [0, 0.05) is 46.0 Å². The number of ether oxygens (including phenoxy) is 2. The largest absolute Gasteiger partial charge is 0.474 e. The Labute approximate surface area is 150 Å². The van der Waals surface area contributed by atoms with E-state index in [2.05, 4.69) is 16.8 Å². The first-order chi connectivity index (χ1) is 12.0. The van der Waals surface area contributed by atoms with Gasteiger partial charge in [-0.25, -0.2) is 4.98 Å². The number of hydrogen-bond donors (Lipinski definition) is 0. The lowest BCUT2D eigenvalue weighted by molar-refractivity contribution is 0.0159. The Kier molecular flexibility index (Phi) is 5.91. The molecule has 2 saturated heterocycles. The highest BCUT2D eigenvalue weighted by atomic mass is 16.5. The number of piperidine rings is 1. The Morgan fingerprint density at radius 2 is 2.04 bits per heavy atom. The third-order valence-electron chi connectivity index (χ3n) is 4.99. The quantitative estimate of drug-likeness (QED) is 0.817. The van der Waals surface area contributed by atoms with Crippen molar-refractivity contribution in [1.29, 1.82) is 0 Å². The third-order valence-corrected chi connectivity index (χ3v) is 4.99. The van der Waals surface area contributed by atoms with E-state index in [-0.39, 0.29) is 12.0 Å². The molecule has 2 unspecified atom stereocenters. The van der Waals surface area contributed by atoms with Crippen LogP contribution in [0.25, 0.3) is 0 Å². The van der Waals surface area contributed by atoms with Crippen molar-refractivity contribution >= 4 is 5.91 Å². The Hall–Kier alpha value is -1.66. The average molecular weight is 347 g/mol. The Morgan fingerprint density at radius 1 is 1.28 bits per heavy atom. The average Bonchev–Trinajstić information content (AvgIpc) is 3.01. The summed E-state index contributed by atoms with van der Waals surface area (Å²) < 4.78 is 11.9. The molecule has 2 aliphatic rings. The topological polar surface area (TPSA) is 54.9 Å². The maximum Gasteiger partial charge on any atom is 0.254 e. The van der Waals surface area contributed by atoms with Gasteiger partial charge in [0.05, 0.1) is 17.8 Å². The van der Waals surface area contributed by atoms with Crippen LogP contribution >= 0.6 is 0 Å². The zero-order chi connectivity index (χ0) is 17.8. The lowest BCUT2D eigenvalue weighted by atomic mass is 10.1. The monoisotopic (exact) mass is 347 g/mol. The van der Waals surface area contributed by atoms with Crippen molar-refractivity contribution in [1.82, 2.24) is 14.8 Å². The molecule has 0 aliphatic carbocycles. The van der Waals surface area contributed by atoms with Gasteiger partial charge in [0.1, 0.15) is 6.10 Å². The molecule has 0 radical (unpaired) electrons. The minimum atomic E-state index is -0.0455. The van der Waals surface area contributed by atoms with Crippen molar-refractivity contribution < 1.29 is 14.3 Å². The molecular weight excluding hydrogens is 318 g/mol. The van der Waals surface area contributed by atoms with Crippen LogP contribution in [-0.2, 0) is 4.74 Å². The van der Waals surface area contributed by atoms with Crippen molar-refractivity contribution in [2.45, 2.75) is 50.9 Å². The Balaban J connectivity index is 1.43. The van der Waals surface area contributed by atoms with Crippen LogP contribution in [-0.4, -0.2) is 72.7 Å². The second kappa shape index (κ2) is 8.15. The molecule has 6 nitrogen and oxygen atoms in total. The number of hydrogen-bond acceptors (Lipinski definition) is 5. The van der Waals surface area contributed by atoms with E-state index in [1.807, 2.05) is 0 Å². The number of nitrogens with zero attached hydrogens (tertiary/aromatic N) is 3. The number of rotatable bonds is 5. The normalized spacial score (nSPS) is 25.1. The van der Waals surface area contributed by atoms with Gasteiger partial charge in [-0.15, -0.1) is 0 Å². The fraction of sp³-hybridized carbons (Fsp3) is 0.684. The van der Waals surface area contributed by atoms with Gasteiger partial charge in [-0.05, 0) is 38.7 Å². The fourth-order valence-corrected chi connectivity index (χ4v) is 3.52. The van der Waals surface area contributed by atoms with Gasteiger partial charge in [0.15, 0.2) is 0 Å². The molecule has 6 heteroatoms. The van der Waals surface area contributed by atoms with Crippen LogP contribution in [0.2, 0.25) is 0 Å². The minimum absolute atomic E-state index is 0.0455. The maximum atomic E-state index is 11.9. The molecular formula is C19H29N3O3. The Morgan fingerprint density at radius 3 is 2.60 bits per heavy atom. The van der Waals surface area contributed by atoms with Gasteiger partial charge in [-0.2, -0.15) is 0 Å². The molecule has 3 rings (SSSR count). The van der Waals surface area contributed by atoms with Gasteiger partial charge in [-0.3, -0.25) is 4.79 Å². The zero-order valence-electron chi connectivity index (χ0n) is 15.5. The first-order valence-corrected chi connectivity index (χ1v) is 9.23. The van der Waals surface area contributed by atoms with E-state index < -0.39 is 0 Å². The lowest BCUT2D eigenvalue weighted by Crippen LogP contribution is -2.42. The SMILES string of the molecule is CC1CCC(CN2CCC(Oc3ccc(C(=O)N(C)C)cn3)CC2)O1. The predicted octanol–water partition coefficient (Wildman–Crippen LogP) is 2.19. The van der Waals surface area contributed by atoms with E-state index >= 15 is 0 Å². The molecule has 25 heavy (non-hydrogen) atoms. The van der Waals surface area contributed by atoms with Crippen LogP contribution in [0, 0.1) is 0 Å². The van der Waals surface area contributed by atoms with E-state index in [1.165, 1.54) is 12.8 Å². The summed E-state index contributed by atoms with van der Waals surface area (Å²) in [4.78, 5) is 20.2. The summed E-state index contributed by atoms with van der Waals surface area (Å²) >= 11 is 0. The van der Waals surface area contributed by atoms with Gasteiger partial charge in [-0.1, -0.05) is 0 Å². The summed E-state index contributed by atoms with van der Waals surface area (Å²) in [6, 6.07) is 3.56. The fourth-order valence-electron chi connectivity index (χ4n) is 3.52. The molecule has 1 amide bonds. The number of carbonyl (C=O) groups is 1. The summed E-state index contributed by atoms with van der Waals surface area (Å²) in [6.07, 6.45) is 6.97. The molecule has 2 atom stereocenters. The lowest BCUT2D eigenvalue weighted by Gasteiger charge is -2.33. The van der Waals surface area contributed by atoms with E-state index in [4.69, 9.17) is 9.47 Å². The molecule has 0 spiro atoms. The van der Waals surface area contributed by atoms with Gasteiger partial charge in [0.25, 0.3) is 5.91 Å². The van der Waals surface area contributed by atoms with Crippen molar-refractivity contribution in [2.75, 3.05) is 33.7 Å². The molecule has 0 N–H and O–H groups in total.